The van der Waals surface area contributed by atoms with Gasteiger partial charge in [-0.3, -0.25) is 4.79 Å². The van der Waals surface area contributed by atoms with E-state index in [1.54, 1.807) is 0 Å². The number of hydrogen-bond donors (Lipinski definition) is 0. The molecule has 1 amide bonds. The zero-order valence-corrected chi connectivity index (χ0v) is 16.7. The lowest BCUT2D eigenvalue weighted by Gasteiger charge is -2.10. The lowest BCUT2D eigenvalue weighted by Crippen LogP contribution is -2.21. The summed E-state index contributed by atoms with van der Waals surface area (Å²) in [7, 11) is 0. The van der Waals surface area contributed by atoms with Crippen LogP contribution in [0.25, 0.3) is 17.0 Å². The molecule has 0 N–H and O–H groups in total. The largest absolute Gasteiger partial charge is 0.342 e. The second-order valence-electron chi connectivity index (χ2n) is 7.41. The lowest BCUT2D eigenvalue weighted by molar-refractivity contribution is -0.114. The zero-order valence-electron chi connectivity index (χ0n) is 16.7. The molecule has 2 heterocycles. The monoisotopic (exact) mass is 391 g/mol. The number of carbonyl (C=O) groups excluding carboxylic acids is 1. The fraction of sp³-hybridized carbons (Fsp3) is 0.0769. The third-order valence-electron chi connectivity index (χ3n) is 5.38. The summed E-state index contributed by atoms with van der Waals surface area (Å²) in [6.07, 6.45) is 4.09. The number of aromatic nitrogens is 1. The van der Waals surface area contributed by atoms with Gasteiger partial charge in [0.1, 0.15) is 0 Å². The number of hydrazone groups is 1. The van der Waals surface area contributed by atoms with Crippen LogP contribution in [0, 0.1) is 0 Å². The molecular formula is C26H21N3O. The maximum Gasteiger partial charge on any atom is 0.280 e. The highest BCUT2D eigenvalue weighted by atomic mass is 16.2. The molecule has 4 heteroatoms. The quantitative estimate of drug-likeness (QED) is 0.424. The number of nitrogens with zero attached hydrogens (tertiary/aromatic N) is 3. The van der Waals surface area contributed by atoms with E-state index in [4.69, 9.17) is 0 Å². The van der Waals surface area contributed by atoms with Crippen LogP contribution in [0.1, 0.15) is 18.1 Å². The molecular weight excluding hydrogens is 370 g/mol. The molecule has 0 saturated heterocycles. The van der Waals surface area contributed by atoms with Crippen LogP contribution in [0.5, 0.6) is 0 Å². The summed E-state index contributed by atoms with van der Waals surface area (Å²) >= 11 is 0. The van der Waals surface area contributed by atoms with E-state index in [1.807, 2.05) is 61.5 Å². The second-order valence-corrected chi connectivity index (χ2v) is 7.41. The SMILES string of the molecule is CC1=NN(c2ccccc2)C(=O)C1=Cc1cn(Cc2ccccc2)c2ccccc12. The van der Waals surface area contributed by atoms with Gasteiger partial charge in [-0.1, -0.05) is 66.7 Å². The Labute approximate surface area is 175 Å². The van der Waals surface area contributed by atoms with Gasteiger partial charge in [0.2, 0.25) is 0 Å². The Morgan fingerprint density at radius 2 is 1.53 bits per heavy atom. The maximum absolute atomic E-state index is 13.1. The normalized spacial score (nSPS) is 15.2. The number of fused-ring (bicyclic) bond motifs is 1. The van der Waals surface area contributed by atoms with Crippen LogP contribution in [0.2, 0.25) is 0 Å². The van der Waals surface area contributed by atoms with Crippen LogP contribution in [0.3, 0.4) is 0 Å². The van der Waals surface area contributed by atoms with Crippen LogP contribution in [-0.2, 0) is 11.3 Å². The molecule has 146 valence electrons. The summed E-state index contributed by atoms with van der Waals surface area (Å²) in [5.74, 6) is -0.0985. The van der Waals surface area contributed by atoms with Crippen LogP contribution < -0.4 is 5.01 Å². The molecule has 4 nitrogen and oxygen atoms in total. The summed E-state index contributed by atoms with van der Waals surface area (Å²) in [5, 5.41) is 7.10. The molecule has 0 fully saturated rings. The average molecular weight is 391 g/mol. The minimum atomic E-state index is -0.0985. The van der Waals surface area contributed by atoms with Gasteiger partial charge >= 0.3 is 0 Å². The molecule has 30 heavy (non-hydrogen) atoms. The van der Waals surface area contributed by atoms with Crippen LogP contribution >= 0.6 is 0 Å². The Hall–Kier alpha value is -3.92. The predicted octanol–water partition coefficient (Wildman–Crippen LogP) is 5.50. The lowest BCUT2D eigenvalue weighted by atomic mass is 10.1. The van der Waals surface area contributed by atoms with Crippen molar-refractivity contribution in [2.24, 2.45) is 5.10 Å². The molecule has 0 saturated carbocycles. The number of amides is 1. The minimum Gasteiger partial charge on any atom is -0.342 e. The highest BCUT2D eigenvalue weighted by Gasteiger charge is 2.28. The molecule has 4 aromatic rings. The number of anilines is 1. The number of benzene rings is 3. The average Bonchev–Trinajstić information content (AvgIpc) is 3.27. The molecule has 0 radical (unpaired) electrons. The van der Waals surface area contributed by atoms with E-state index in [0.29, 0.717) is 5.57 Å². The topological polar surface area (TPSA) is 37.6 Å². The standard InChI is InChI=1S/C26H21N3O/c1-19-24(26(30)29(27-19)22-12-6-3-7-13-22)16-21-18-28(17-20-10-4-2-5-11-20)25-15-9-8-14-23(21)25/h2-16,18H,17H2,1H3. The third-order valence-corrected chi connectivity index (χ3v) is 5.38. The van der Waals surface area contributed by atoms with Crippen LogP contribution in [0.15, 0.2) is 102 Å². The first-order valence-corrected chi connectivity index (χ1v) is 9.99. The molecule has 5 rings (SSSR count). The van der Waals surface area contributed by atoms with E-state index in [-0.39, 0.29) is 5.91 Å². The molecule has 1 aliphatic heterocycles. The summed E-state index contributed by atoms with van der Waals surface area (Å²) in [6.45, 7) is 2.66. The highest BCUT2D eigenvalue weighted by Crippen LogP contribution is 2.28. The number of para-hydroxylation sites is 2. The third kappa shape index (κ3) is 3.22. The van der Waals surface area contributed by atoms with Crippen molar-refractivity contribution in [1.82, 2.24) is 4.57 Å². The highest BCUT2D eigenvalue weighted by molar-refractivity contribution is 6.32. The van der Waals surface area contributed by atoms with Gasteiger partial charge < -0.3 is 4.57 Å². The van der Waals surface area contributed by atoms with E-state index >= 15 is 0 Å². The predicted molar refractivity (Wildman–Crippen MR) is 122 cm³/mol. The molecule has 1 aliphatic rings. The summed E-state index contributed by atoms with van der Waals surface area (Å²) in [6, 6.07) is 28.2. The summed E-state index contributed by atoms with van der Waals surface area (Å²) < 4.78 is 2.23. The van der Waals surface area contributed by atoms with Crippen molar-refractivity contribution in [2.45, 2.75) is 13.5 Å². The second kappa shape index (κ2) is 7.48. The van der Waals surface area contributed by atoms with E-state index in [2.05, 4.69) is 52.3 Å². The maximum atomic E-state index is 13.1. The van der Waals surface area contributed by atoms with Gasteiger partial charge in [0, 0.05) is 29.2 Å². The van der Waals surface area contributed by atoms with E-state index < -0.39 is 0 Å². The van der Waals surface area contributed by atoms with Crippen LogP contribution in [0.4, 0.5) is 5.69 Å². The molecule has 0 atom stereocenters. The minimum absolute atomic E-state index is 0.0985. The number of carbonyl (C=O) groups is 1. The molecule has 3 aromatic carbocycles. The van der Waals surface area contributed by atoms with E-state index in [1.165, 1.54) is 10.6 Å². The van der Waals surface area contributed by atoms with Gasteiger partial charge in [0.05, 0.1) is 17.0 Å². The first-order chi connectivity index (χ1) is 14.7. The summed E-state index contributed by atoms with van der Waals surface area (Å²) in [4.78, 5) is 13.1. The number of hydrogen-bond acceptors (Lipinski definition) is 2. The van der Waals surface area contributed by atoms with Gasteiger partial charge in [-0.05, 0) is 36.8 Å². The summed E-state index contributed by atoms with van der Waals surface area (Å²) in [5.41, 5.74) is 5.53. The Bertz CT molecular complexity index is 1280. The van der Waals surface area contributed by atoms with Crippen molar-refractivity contribution in [3.05, 3.63) is 108 Å². The molecule has 0 aliphatic carbocycles. The van der Waals surface area contributed by atoms with Crippen LogP contribution in [-0.4, -0.2) is 16.2 Å². The Morgan fingerprint density at radius 1 is 0.867 bits per heavy atom. The molecule has 1 aromatic heterocycles. The fourth-order valence-electron chi connectivity index (χ4n) is 3.89. The first-order valence-electron chi connectivity index (χ1n) is 9.99. The van der Waals surface area contributed by atoms with E-state index in [0.717, 1.165) is 34.4 Å². The van der Waals surface area contributed by atoms with Crippen molar-refractivity contribution < 1.29 is 4.79 Å². The van der Waals surface area contributed by atoms with Gasteiger partial charge in [0.15, 0.2) is 0 Å². The van der Waals surface area contributed by atoms with Crippen molar-refractivity contribution in [1.29, 1.82) is 0 Å². The van der Waals surface area contributed by atoms with Crippen molar-refractivity contribution in [3.8, 4) is 0 Å². The van der Waals surface area contributed by atoms with Gasteiger partial charge in [-0.25, -0.2) is 0 Å². The van der Waals surface area contributed by atoms with Crippen molar-refractivity contribution >= 4 is 34.3 Å². The van der Waals surface area contributed by atoms with E-state index in [9.17, 15) is 4.79 Å². The van der Waals surface area contributed by atoms with Gasteiger partial charge in [-0.15, -0.1) is 0 Å². The molecule has 0 bridgehead atoms. The Kier molecular flexibility index (Phi) is 4.52. The fourth-order valence-corrected chi connectivity index (χ4v) is 3.89. The Morgan fingerprint density at radius 3 is 2.30 bits per heavy atom. The van der Waals surface area contributed by atoms with Crippen molar-refractivity contribution in [3.63, 3.8) is 0 Å². The Balaban J connectivity index is 1.55. The zero-order chi connectivity index (χ0) is 20.5. The molecule has 0 spiro atoms. The van der Waals surface area contributed by atoms with Gasteiger partial charge in [-0.2, -0.15) is 10.1 Å². The smallest absolute Gasteiger partial charge is 0.280 e. The molecule has 0 unspecified atom stereocenters. The van der Waals surface area contributed by atoms with Crippen molar-refractivity contribution in [2.75, 3.05) is 5.01 Å². The van der Waals surface area contributed by atoms with Gasteiger partial charge in [0.25, 0.3) is 5.91 Å². The first kappa shape index (κ1) is 18.1. The number of rotatable bonds is 4.